The molecule has 2 aromatic rings. The first-order chi connectivity index (χ1) is 8.22. The van der Waals surface area contributed by atoms with E-state index in [-0.39, 0.29) is 5.75 Å². The van der Waals surface area contributed by atoms with E-state index in [0.29, 0.717) is 5.82 Å². The van der Waals surface area contributed by atoms with Gasteiger partial charge in [-0.2, -0.15) is 0 Å². The smallest absolute Gasteiger partial charge is 0.159 e. The summed E-state index contributed by atoms with van der Waals surface area (Å²) < 4.78 is 0. The number of rotatable bonds is 1. The summed E-state index contributed by atoms with van der Waals surface area (Å²) in [5, 5.41) is 9.17. The molecule has 3 heteroatoms. The zero-order chi connectivity index (χ0) is 11.8. The summed E-state index contributed by atoms with van der Waals surface area (Å²) in [6.45, 7) is 2.27. The molecule has 3 rings (SSSR count). The highest BCUT2D eigenvalue weighted by molar-refractivity contribution is 5.58. The molecule has 17 heavy (non-hydrogen) atoms. The van der Waals surface area contributed by atoms with E-state index < -0.39 is 0 Å². The molecule has 3 nitrogen and oxygen atoms in total. The third kappa shape index (κ3) is 1.88. The van der Waals surface area contributed by atoms with Crippen molar-refractivity contribution < 1.29 is 5.11 Å². The van der Waals surface area contributed by atoms with Gasteiger partial charge in [0.2, 0.25) is 0 Å². The number of hydrogen-bond acceptors (Lipinski definition) is 3. The fourth-order valence-corrected chi connectivity index (χ4v) is 2.45. The van der Waals surface area contributed by atoms with Crippen LogP contribution in [0.2, 0.25) is 0 Å². The Labute approximate surface area is 100 Å². The zero-order valence-electron chi connectivity index (χ0n) is 9.72. The normalized spacial score (nSPS) is 18.1. The molecule has 0 bridgehead atoms. The van der Waals surface area contributed by atoms with Crippen molar-refractivity contribution in [2.75, 3.05) is 0 Å². The van der Waals surface area contributed by atoms with Crippen LogP contribution in [0.3, 0.4) is 0 Å². The van der Waals surface area contributed by atoms with Crippen molar-refractivity contribution in [2.24, 2.45) is 5.92 Å². The topological polar surface area (TPSA) is 46.0 Å². The molecule has 0 amide bonds. The first kappa shape index (κ1) is 10.3. The Bertz CT molecular complexity index is 549. The number of aromatic hydroxyl groups is 1. The minimum Gasteiger partial charge on any atom is -0.505 e. The van der Waals surface area contributed by atoms with Crippen LogP contribution >= 0.6 is 0 Å². The molecular formula is C14H14N2O. The highest BCUT2D eigenvalue weighted by Gasteiger charge is 2.18. The lowest BCUT2D eigenvalue weighted by Gasteiger charge is -2.03. The van der Waals surface area contributed by atoms with Gasteiger partial charge >= 0.3 is 0 Å². The molecule has 1 aliphatic carbocycles. The molecule has 1 atom stereocenters. The second kappa shape index (κ2) is 3.84. The molecular weight excluding hydrogens is 212 g/mol. The molecule has 0 radical (unpaired) electrons. The number of nitrogens with zero attached hydrogens (tertiary/aromatic N) is 2. The molecule has 1 aliphatic rings. The van der Waals surface area contributed by atoms with Gasteiger partial charge in [-0.25, -0.2) is 9.97 Å². The molecule has 86 valence electrons. The summed E-state index contributed by atoms with van der Waals surface area (Å²) >= 11 is 0. The molecule has 1 aromatic heterocycles. The molecule has 0 saturated heterocycles. The summed E-state index contributed by atoms with van der Waals surface area (Å²) in [5.41, 5.74) is 3.88. The van der Waals surface area contributed by atoms with Crippen molar-refractivity contribution in [3.8, 4) is 17.1 Å². The predicted octanol–water partition coefficient (Wildman–Crippen LogP) is 2.58. The van der Waals surface area contributed by atoms with Gasteiger partial charge in [0.15, 0.2) is 11.6 Å². The van der Waals surface area contributed by atoms with Gasteiger partial charge in [-0.05, 0) is 36.0 Å². The fraction of sp³-hybridized carbons (Fsp3) is 0.286. The molecule has 1 heterocycles. The van der Waals surface area contributed by atoms with E-state index in [1.807, 2.05) is 0 Å². The quantitative estimate of drug-likeness (QED) is 0.813. The Morgan fingerprint density at radius 2 is 1.82 bits per heavy atom. The third-order valence-electron chi connectivity index (χ3n) is 3.24. The largest absolute Gasteiger partial charge is 0.505 e. The maximum Gasteiger partial charge on any atom is 0.159 e. The third-order valence-corrected chi connectivity index (χ3v) is 3.24. The first-order valence-electron chi connectivity index (χ1n) is 5.85. The van der Waals surface area contributed by atoms with Crippen LogP contribution in [0.25, 0.3) is 11.4 Å². The summed E-state index contributed by atoms with van der Waals surface area (Å²) in [5.74, 6) is 1.51. The van der Waals surface area contributed by atoms with Gasteiger partial charge in [-0.1, -0.05) is 19.1 Å². The molecule has 0 fully saturated rings. The maximum absolute atomic E-state index is 9.17. The SMILES string of the molecule is CC1Cc2ccc(-c3ncc(O)cn3)cc2C1. The van der Waals surface area contributed by atoms with Gasteiger partial charge in [0.05, 0.1) is 12.4 Å². The van der Waals surface area contributed by atoms with Crippen LogP contribution in [-0.2, 0) is 12.8 Å². The van der Waals surface area contributed by atoms with Gasteiger partial charge in [-0.3, -0.25) is 0 Å². The number of aromatic nitrogens is 2. The standard InChI is InChI=1S/C14H14N2O/c1-9-4-10-2-3-11(6-12(10)5-9)14-15-7-13(17)8-16-14/h2-3,6-9,17H,4-5H2,1H3. The maximum atomic E-state index is 9.17. The molecule has 0 spiro atoms. The molecule has 0 aliphatic heterocycles. The minimum absolute atomic E-state index is 0.100. The highest BCUT2D eigenvalue weighted by Crippen LogP contribution is 2.29. The van der Waals surface area contributed by atoms with Crippen LogP contribution in [0.5, 0.6) is 5.75 Å². The van der Waals surface area contributed by atoms with Crippen molar-refractivity contribution in [3.63, 3.8) is 0 Å². The highest BCUT2D eigenvalue weighted by atomic mass is 16.3. The first-order valence-corrected chi connectivity index (χ1v) is 5.85. The molecule has 1 unspecified atom stereocenters. The van der Waals surface area contributed by atoms with E-state index >= 15 is 0 Å². The summed E-state index contributed by atoms with van der Waals surface area (Å²) in [4.78, 5) is 8.26. The Kier molecular flexibility index (Phi) is 2.32. The lowest BCUT2D eigenvalue weighted by molar-refractivity contribution is 0.470. The minimum atomic E-state index is 0.100. The molecule has 0 saturated carbocycles. The lowest BCUT2D eigenvalue weighted by atomic mass is 10.1. The van der Waals surface area contributed by atoms with Gasteiger partial charge in [0.1, 0.15) is 0 Å². The van der Waals surface area contributed by atoms with Gasteiger partial charge in [-0.15, -0.1) is 0 Å². The van der Waals surface area contributed by atoms with E-state index in [2.05, 4.69) is 35.1 Å². The van der Waals surface area contributed by atoms with Crippen molar-refractivity contribution in [1.82, 2.24) is 9.97 Å². The van der Waals surface area contributed by atoms with E-state index in [1.54, 1.807) is 0 Å². The van der Waals surface area contributed by atoms with Crippen LogP contribution in [0.1, 0.15) is 18.1 Å². The average Bonchev–Trinajstić information content (AvgIpc) is 2.69. The number of hydrogen-bond donors (Lipinski definition) is 1. The van der Waals surface area contributed by atoms with Gasteiger partial charge < -0.3 is 5.11 Å². The predicted molar refractivity (Wildman–Crippen MR) is 65.7 cm³/mol. The zero-order valence-corrected chi connectivity index (χ0v) is 9.72. The Morgan fingerprint density at radius 3 is 2.59 bits per heavy atom. The Morgan fingerprint density at radius 1 is 1.12 bits per heavy atom. The van der Waals surface area contributed by atoms with Crippen LogP contribution in [-0.4, -0.2) is 15.1 Å². The fourth-order valence-electron chi connectivity index (χ4n) is 2.45. The van der Waals surface area contributed by atoms with Gasteiger partial charge in [0.25, 0.3) is 0 Å². The van der Waals surface area contributed by atoms with Crippen LogP contribution < -0.4 is 0 Å². The van der Waals surface area contributed by atoms with Crippen molar-refractivity contribution in [3.05, 3.63) is 41.7 Å². The van der Waals surface area contributed by atoms with Gasteiger partial charge in [0, 0.05) is 5.56 Å². The summed E-state index contributed by atoms with van der Waals surface area (Å²) in [6.07, 6.45) is 5.17. The molecule has 1 N–H and O–H groups in total. The van der Waals surface area contributed by atoms with Crippen molar-refractivity contribution in [2.45, 2.75) is 19.8 Å². The average molecular weight is 226 g/mol. The number of fused-ring (bicyclic) bond motifs is 1. The second-order valence-electron chi connectivity index (χ2n) is 4.76. The Balaban J connectivity index is 2.00. The van der Waals surface area contributed by atoms with E-state index in [1.165, 1.54) is 29.9 Å². The van der Waals surface area contributed by atoms with Crippen molar-refractivity contribution >= 4 is 0 Å². The van der Waals surface area contributed by atoms with E-state index in [0.717, 1.165) is 17.9 Å². The number of benzene rings is 1. The van der Waals surface area contributed by atoms with E-state index in [9.17, 15) is 0 Å². The van der Waals surface area contributed by atoms with Crippen LogP contribution in [0, 0.1) is 5.92 Å². The monoisotopic (exact) mass is 226 g/mol. The van der Waals surface area contributed by atoms with E-state index in [4.69, 9.17) is 5.11 Å². The Hall–Kier alpha value is -1.90. The summed E-state index contributed by atoms with van der Waals surface area (Å²) in [6, 6.07) is 6.40. The van der Waals surface area contributed by atoms with Crippen molar-refractivity contribution in [1.29, 1.82) is 0 Å². The summed E-state index contributed by atoms with van der Waals surface area (Å²) in [7, 11) is 0. The lowest BCUT2D eigenvalue weighted by Crippen LogP contribution is -1.90. The van der Waals surface area contributed by atoms with Crippen LogP contribution in [0.4, 0.5) is 0 Å². The molecule has 1 aromatic carbocycles. The second-order valence-corrected chi connectivity index (χ2v) is 4.76. The van der Waals surface area contributed by atoms with Crippen LogP contribution in [0.15, 0.2) is 30.6 Å².